The van der Waals surface area contributed by atoms with Crippen molar-refractivity contribution in [2.75, 3.05) is 38.8 Å². The van der Waals surface area contributed by atoms with Gasteiger partial charge in [0, 0.05) is 56.3 Å². The predicted octanol–water partition coefficient (Wildman–Crippen LogP) is 6.19. The van der Waals surface area contributed by atoms with Crippen molar-refractivity contribution in [2.24, 2.45) is 11.8 Å². The summed E-state index contributed by atoms with van der Waals surface area (Å²) in [5.74, 6) is -0.0885. The quantitative estimate of drug-likeness (QED) is 0.261. The molecular formula is C33H39F3N6O2. The van der Waals surface area contributed by atoms with E-state index in [-0.39, 0.29) is 29.4 Å². The Bertz CT molecular complexity index is 1460. The molecule has 1 aliphatic carbocycles. The number of alkyl halides is 3. The summed E-state index contributed by atoms with van der Waals surface area (Å²) in [7, 11) is 3.28. The molecule has 5 rings (SSSR count). The van der Waals surface area contributed by atoms with Gasteiger partial charge < -0.3 is 14.5 Å². The van der Waals surface area contributed by atoms with Crippen LogP contribution in [-0.2, 0) is 29.4 Å². The second kappa shape index (κ2) is 12.7. The Balaban J connectivity index is 1.44. The Morgan fingerprint density at radius 3 is 2.70 bits per heavy atom. The van der Waals surface area contributed by atoms with Gasteiger partial charge in [0.05, 0.1) is 31.1 Å². The minimum Gasteiger partial charge on any atom is -0.384 e. The van der Waals surface area contributed by atoms with Gasteiger partial charge in [-0.2, -0.15) is 18.4 Å². The molecule has 1 saturated carbocycles. The summed E-state index contributed by atoms with van der Waals surface area (Å²) in [5, 5.41) is 25.4. The molecule has 2 aromatic rings. The minimum absolute atomic E-state index is 0.0120. The first-order valence-corrected chi connectivity index (χ1v) is 15.0. The highest BCUT2D eigenvalue weighted by atomic mass is 19.4. The molecule has 2 N–H and O–H groups in total. The molecule has 234 valence electrons. The van der Waals surface area contributed by atoms with Crippen LogP contribution in [0, 0.1) is 34.0 Å². The molecular weight excluding hydrogens is 569 g/mol. The Hall–Kier alpha value is -3.75. The number of methoxy groups -OCH3 is 1. The standard InChI is InChI=1S/C33H39F3N6O2/c1-40(21-38)30(39)15-32(13-24(14-32)16-37)25-7-5-8-26(12-25)42-19-28-27(31(42)43)10-23(11-29(28)33(34,35)36)18-41-9-4-3-6-22(17-41)20-44-2/h5,7-8,10-12,21-22,24,38-39H,3-4,6,9,13-15,17-20H2,1-2H3. The lowest BCUT2D eigenvalue weighted by molar-refractivity contribution is -0.138. The molecule has 0 radical (unpaired) electrons. The summed E-state index contributed by atoms with van der Waals surface area (Å²) in [4.78, 5) is 18.8. The van der Waals surface area contributed by atoms with E-state index in [9.17, 15) is 23.2 Å². The van der Waals surface area contributed by atoms with Crippen LogP contribution in [0.1, 0.15) is 71.1 Å². The van der Waals surface area contributed by atoms with Crippen molar-refractivity contribution < 1.29 is 22.7 Å². The Morgan fingerprint density at radius 2 is 2.02 bits per heavy atom. The predicted molar refractivity (Wildman–Crippen MR) is 162 cm³/mol. The van der Waals surface area contributed by atoms with Gasteiger partial charge in [-0.1, -0.05) is 18.6 Å². The number of nitrogens with zero attached hydrogens (tertiary/aromatic N) is 4. The number of fused-ring (bicyclic) bond motifs is 1. The van der Waals surface area contributed by atoms with Gasteiger partial charge in [0.1, 0.15) is 5.84 Å². The van der Waals surface area contributed by atoms with Crippen molar-refractivity contribution >= 4 is 23.8 Å². The fourth-order valence-corrected chi connectivity index (χ4v) is 7.09. The summed E-state index contributed by atoms with van der Waals surface area (Å²) < 4.78 is 48.6. The van der Waals surface area contributed by atoms with E-state index in [0.29, 0.717) is 49.6 Å². The van der Waals surface area contributed by atoms with E-state index >= 15 is 0 Å². The van der Waals surface area contributed by atoms with Crippen LogP contribution >= 0.6 is 0 Å². The second-order valence-corrected chi connectivity index (χ2v) is 12.5. The van der Waals surface area contributed by atoms with Crippen LogP contribution in [0.4, 0.5) is 18.9 Å². The Morgan fingerprint density at radius 1 is 1.25 bits per heavy atom. The van der Waals surface area contributed by atoms with Crippen LogP contribution in [0.25, 0.3) is 0 Å². The summed E-state index contributed by atoms with van der Waals surface area (Å²) in [5.41, 5.74) is 0.566. The third-order valence-corrected chi connectivity index (χ3v) is 9.42. The van der Waals surface area contributed by atoms with Gasteiger partial charge in [0.15, 0.2) is 0 Å². The number of carbonyl (C=O) groups excluding carboxylic acids is 1. The smallest absolute Gasteiger partial charge is 0.384 e. The normalized spacial score (nSPS) is 23.8. The van der Waals surface area contributed by atoms with Crippen molar-refractivity contribution in [2.45, 2.75) is 63.2 Å². The highest BCUT2D eigenvalue weighted by molar-refractivity contribution is 6.10. The number of rotatable bonds is 9. The van der Waals surface area contributed by atoms with E-state index in [1.54, 1.807) is 32.4 Å². The van der Waals surface area contributed by atoms with Gasteiger partial charge >= 0.3 is 6.18 Å². The summed E-state index contributed by atoms with van der Waals surface area (Å²) in [6, 6.07) is 12.3. The lowest BCUT2D eigenvalue weighted by Crippen LogP contribution is -2.44. The van der Waals surface area contributed by atoms with Crippen LogP contribution < -0.4 is 4.90 Å². The number of nitrogens with one attached hydrogen (secondary N) is 2. The van der Waals surface area contributed by atoms with E-state index < -0.39 is 23.1 Å². The number of anilines is 1. The monoisotopic (exact) mass is 608 g/mol. The highest BCUT2D eigenvalue weighted by Gasteiger charge is 2.47. The fourth-order valence-electron chi connectivity index (χ4n) is 7.09. The maximum absolute atomic E-state index is 14.4. The van der Waals surface area contributed by atoms with Crippen molar-refractivity contribution in [3.8, 4) is 6.07 Å². The third-order valence-electron chi connectivity index (χ3n) is 9.42. The first-order valence-electron chi connectivity index (χ1n) is 15.0. The maximum atomic E-state index is 14.4. The van der Waals surface area contributed by atoms with E-state index in [0.717, 1.165) is 44.3 Å². The topological polar surface area (TPSA) is 108 Å². The molecule has 1 saturated heterocycles. The molecule has 2 aliphatic heterocycles. The molecule has 2 fully saturated rings. The molecule has 44 heavy (non-hydrogen) atoms. The lowest BCUT2D eigenvalue weighted by Gasteiger charge is -2.46. The number of hydrogen-bond acceptors (Lipinski definition) is 6. The van der Waals surface area contributed by atoms with E-state index in [1.807, 2.05) is 12.1 Å². The molecule has 2 heterocycles. The van der Waals surface area contributed by atoms with Gasteiger partial charge in [0.25, 0.3) is 5.91 Å². The molecule has 2 aromatic carbocycles. The largest absolute Gasteiger partial charge is 0.416 e. The average molecular weight is 609 g/mol. The molecule has 0 aromatic heterocycles. The number of benzene rings is 2. The second-order valence-electron chi connectivity index (χ2n) is 12.5. The van der Waals surface area contributed by atoms with Gasteiger partial charge in [-0.05, 0) is 79.1 Å². The van der Waals surface area contributed by atoms with Crippen LogP contribution in [0.15, 0.2) is 36.4 Å². The first-order chi connectivity index (χ1) is 21.0. The molecule has 1 atom stereocenters. The zero-order valence-electron chi connectivity index (χ0n) is 25.2. The first kappa shape index (κ1) is 31.7. The highest BCUT2D eigenvalue weighted by Crippen LogP contribution is 2.51. The van der Waals surface area contributed by atoms with Gasteiger partial charge in [0.2, 0.25) is 0 Å². The number of ether oxygens (including phenoxy) is 1. The van der Waals surface area contributed by atoms with E-state index in [1.165, 1.54) is 15.9 Å². The Kier molecular flexibility index (Phi) is 9.14. The number of carbonyl (C=O) groups is 1. The number of hydrogen-bond donors (Lipinski definition) is 2. The van der Waals surface area contributed by atoms with Crippen LogP contribution in [0.5, 0.6) is 0 Å². The summed E-state index contributed by atoms with van der Waals surface area (Å²) >= 11 is 0. The van der Waals surface area contributed by atoms with E-state index in [4.69, 9.17) is 15.6 Å². The average Bonchev–Trinajstić information content (AvgIpc) is 3.14. The number of likely N-dealkylation sites (tertiary alicyclic amines) is 1. The lowest BCUT2D eigenvalue weighted by atomic mass is 9.57. The summed E-state index contributed by atoms with van der Waals surface area (Å²) in [6.07, 6.45) is 0.842. The van der Waals surface area contributed by atoms with Crippen LogP contribution in [0.2, 0.25) is 0 Å². The number of halogens is 3. The minimum atomic E-state index is -4.61. The number of amidine groups is 1. The van der Waals surface area contributed by atoms with Crippen molar-refractivity contribution in [3.05, 3.63) is 64.2 Å². The fraction of sp³-hybridized carbons (Fsp3) is 0.515. The van der Waals surface area contributed by atoms with Crippen LogP contribution in [-0.4, -0.2) is 61.7 Å². The SMILES string of the molecule is COCC1CCCCN(Cc2cc3c(c(C(F)(F)F)c2)CN(c2cccc(C4(CC(=N)N(C)C=N)CC(C#N)C4)c2)C3=O)C1. The molecule has 8 nitrogen and oxygen atoms in total. The zero-order chi connectivity index (χ0) is 31.6. The van der Waals surface area contributed by atoms with Gasteiger partial charge in [-0.15, -0.1) is 0 Å². The van der Waals surface area contributed by atoms with Crippen molar-refractivity contribution in [1.82, 2.24) is 9.80 Å². The molecule has 0 bridgehead atoms. The van der Waals surface area contributed by atoms with Crippen molar-refractivity contribution in [1.29, 1.82) is 16.1 Å². The van der Waals surface area contributed by atoms with Crippen LogP contribution in [0.3, 0.4) is 0 Å². The molecule has 3 aliphatic rings. The molecule has 11 heteroatoms. The third kappa shape index (κ3) is 6.37. The summed E-state index contributed by atoms with van der Waals surface area (Å²) in [6.45, 7) is 2.28. The zero-order valence-corrected chi connectivity index (χ0v) is 25.2. The maximum Gasteiger partial charge on any atom is 0.416 e. The number of nitriles is 1. The van der Waals surface area contributed by atoms with Crippen molar-refractivity contribution in [3.63, 3.8) is 0 Å². The molecule has 0 spiro atoms. The van der Waals surface area contributed by atoms with Gasteiger partial charge in [-0.3, -0.25) is 20.5 Å². The number of amides is 1. The van der Waals surface area contributed by atoms with E-state index in [2.05, 4.69) is 11.0 Å². The molecule has 1 unspecified atom stereocenters. The van der Waals surface area contributed by atoms with Gasteiger partial charge in [-0.25, -0.2) is 0 Å². The molecule has 1 amide bonds. The Labute approximate surface area is 256 Å².